The normalized spacial score (nSPS) is 16.0. The van der Waals surface area contributed by atoms with Crippen LogP contribution in [0.3, 0.4) is 0 Å². The highest BCUT2D eigenvalue weighted by Gasteiger charge is 2.31. The van der Waals surface area contributed by atoms with Crippen molar-refractivity contribution in [1.82, 2.24) is 16.0 Å². The molecule has 1 saturated carbocycles. The SMILES string of the molecule is COC(=O)CC[C@H](NC(=O)CC(O)C(CC1CCCCC1)NC(=O)OC(C)(C)C)C(=O)NCCc1ccc(SC)cc1. The zero-order valence-corrected chi connectivity index (χ0v) is 26.5. The molecule has 3 atom stereocenters. The molecular formula is C31H49N3O7S. The van der Waals surface area contributed by atoms with Crippen molar-refractivity contribution >= 4 is 35.6 Å². The second-order valence-corrected chi connectivity index (χ2v) is 12.8. The number of thioether (sulfide) groups is 1. The molecule has 236 valence electrons. The molecule has 10 nitrogen and oxygen atoms in total. The van der Waals surface area contributed by atoms with Gasteiger partial charge in [-0.25, -0.2) is 4.79 Å². The largest absolute Gasteiger partial charge is 0.469 e. The summed E-state index contributed by atoms with van der Waals surface area (Å²) in [5.41, 5.74) is 0.355. The second kappa shape index (κ2) is 18.0. The van der Waals surface area contributed by atoms with Gasteiger partial charge in [0.1, 0.15) is 11.6 Å². The van der Waals surface area contributed by atoms with Crippen LogP contribution in [0.5, 0.6) is 0 Å². The highest BCUT2D eigenvalue weighted by atomic mass is 32.2. The Hall–Kier alpha value is -2.79. The van der Waals surface area contributed by atoms with Crippen LogP contribution in [0.25, 0.3) is 0 Å². The molecule has 1 aromatic rings. The van der Waals surface area contributed by atoms with E-state index < -0.39 is 47.7 Å². The maximum atomic E-state index is 13.0. The zero-order chi connectivity index (χ0) is 31.1. The number of carbonyl (C=O) groups is 4. The molecule has 4 N–H and O–H groups in total. The first-order valence-electron chi connectivity index (χ1n) is 14.8. The van der Waals surface area contributed by atoms with Crippen molar-refractivity contribution in [2.24, 2.45) is 5.92 Å². The molecule has 0 saturated heterocycles. The second-order valence-electron chi connectivity index (χ2n) is 11.9. The summed E-state index contributed by atoms with van der Waals surface area (Å²) in [5, 5.41) is 19.3. The fraction of sp³-hybridized carbons (Fsp3) is 0.677. The molecule has 3 amide bonds. The summed E-state index contributed by atoms with van der Waals surface area (Å²) >= 11 is 1.65. The first kappa shape index (κ1) is 35.4. The van der Waals surface area contributed by atoms with Gasteiger partial charge >= 0.3 is 12.1 Å². The number of rotatable bonds is 15. The minimum atomic E-state index is -1.19. The van der Waals surface area contributed by atoms with Gasteiger partial charge in [-0.2, -0.15) is 0 Å². The Morgan fingerprint density at radius 3 is 2.31 bits per heavy atom. The number of amides is 3. The van der Waals surface area contributed by atoms with E-state index in [1.807, 2.05) is 30.5 Å². The highest BCUT2D eigenvalue weighted by molar-refractivity contribution is 7.98. The summed E-state index contributed by atoms with van der Waals surface area (Å²) in [4.78, 5) is 51.5. The van der Waals surface area contributed by atoms with Crippen molar-refractivity contribution < 1.29 is 33.8 Å². The standard InChI is InChI=1S/C31H49N3O7S/c1-31(2,3)41-30(39)34-25(19-22-9-7-6-8-10-22)26(35)20-27(36)33-24(15-16-28(37)40-4)29(38)32-18-17-21-11-13-23(42-5)14-12-21/h11-14,22,24-26,35H,6-10,15-20H2,1-5H3,(H,32,38)(H,33,36)(H,34,39)/t24-,25?,26?/m0/s1. The van der Waals surface area contributed by atoms with E-state index in [-0.39, 0.29) is 19.3 Å². The van der Waals surface area contributed by atoms with E-state index in [4.69, 9.17) is 9.47 Å². The van der Waals surface area contributed by atoms with E-state index in [0.717, 1.165) is 36.1 Å². The van der Waals surface area contributed by atoms with Crippen LogP contribution >= 0.6 is 11.8 Å². The van der Waals surface area contributed by atoms with Gasteiger partial charge < -0.3 is 30.5 Å². The lowest BCUT2D eigenvalue weighted by Crippen LogP contribution is -2.51. The fourth-order valence-corrected chi connectivity index (χ4v) is 5.43. The Balaban J connectivity index is 2.01. The van der Waals surface area contributed by atoms with Crippen molar-refractivity contribution in [3.63, 3.8) is 0 Å². The first-order chi connectivity index (χ1) is 19.9. The maximum absolute atomic E-state index is 13.0. The first-order valence-corrected chi connectivity index (χ1v) is 16.1. The molecule has 0 aliphatic heterocycles. The van der Waals surface area contributed by atoms with Crippen molar-refractivity contribution in [1.29, 1.82) is 0 Å². The molecule has 11 heteroatoms. The molecule has 1 aliphatic rings. The summed E-state index contributed by atoms with van der Waals surface area (Å²) in [6, 6.07) is 6.37. The number of aliphatic hydroxyl groups is 1. The van der Waals surface area contributed by atoms with Crippen molar-refractivity contribution in [3.8, 4) is 0 Å². The third kappa shape index (κ3) is 13.9. The van der Waals surface area contributed by atoms with E-state index in [1.165, 1.54) is 13.5 Å². The lowest BCUT2D eigenvalue weighted by Gasteiger charge is -2.31. The van der Waals surface area contributed by atoms with Gasteiger partial charge in [0.2, 0.25) is 11.8 Å². The average Bonchev–Trinajstić information content (AvgIpc) is 2.94. The number of alkyl carbamates (subject to hydrolysis) is 1. The average molecular weight is 608 g/mol. The van der Waals surface area contributed by atoms with E-state index in [0.29, 0.717) is 25.3 Å². The summed E-state index contributed by atoms with van der Waals surface area (Å²) in [6.45, 7) is 5.63. The maximum Gasteiger partial charge on any atom is 0.407 e. The molecule has 1 fully saturated rings. The molecular weight excluding hydrogens is 558 g/mol. The predicted octanol–water partition coefficient (Wildman–Crippen LogP) is 4.12. The van der Waals surface area contributed by atoms with Crippen LogP contribution in [0.2, 0.25) is 0 Å². The smallest absolute Gasteiger partial charge is 0.407 e. The molecule has 0 bridgehead atoms. The molecule has 0 spiro atoms. The third-order valence-corrected chi connectivity index (χ3v) is 8.01. The number of esters is 1. The Labute approximate surface area is 254 Å². The van der Waals surface area contributed by atoms with Crippen LogP contribution in [0, 0.1) is 5.92 Å². The van der Waals surface area contributed by atoms with Gasteiger partial charge in [0.05, 0.1) is 25.7 Å². The van der Waals surface area contributed by atoms with Crippen LogP contribution in [0.15, 0.2) is 29.2 Å². The van der Waals surface area contributed by atoms with E-state index in [9.17, 15) is 24.3 Å². The van der Waals surface area contributed by atoms with Gasteiger partial charge in [-0.15, -0.1) is 11.8 Å². The molecule has 2 rings (SSSR count). The monoisotopic (exact) mass is 607 g/mol. The quantitative estimate of drug-likeness (QED) is 0.172. The van der Waals surface area contributed by atoms with E-state index in [2.05, 4.69) is 16.0 Å². The van der Waals surface area contributed by atoms with Crippen LogP contribution in [0.1, 0.15) is 84.1 Å². The number of hydrogen-bond acceptors (Lipinski definition) is 8. The van der Waals surface area contributed by atoms with Crippen LogP contribution in [-0.2, 0) is 30.3 Å². The van der Waals surface area contributed by atoms with Gasteiger partial charge in [0.25, 0.3) is 0 Å². The predicted molar refractivity (Wildman–Crippen MR) is 163 cm³/mol. The molecule has 2 unspecified atom stereocenters. The van der Waals surface area contributed by atoms with Gasteiger partial charge in [-0.1, -0.05) is 44.2 Å². The lowest BCUT2D eigenvalue weighted by molar-refractivity contribution is -0.141. The molecule has 42 heavy (non-hydrogen) atoms. The minimum Gasteiger partial charge on any atom is -0.469 e. The number of carbonyl (C=O) groups excluding carboxylic acids is 4. The summed E-state index contributed by atoms with van der Waals surface area (Å²) in [5.74, 6) is -1.15. The highest BCUT2D eigenvalue weighted by Crippen LogP contribution is 2.28. The number of benzene rings is 1. The zero-order valence-electron chi connectivity index (χ0n) is 25.7. The van der Waals surface area contributed by atoms with Crippen LogP contribution in [0.4, 0.5) is 4.79 Å². The fourth-order valence-electron chi connectivity index (χ4n) is 5.02. The Morgan fingerprint density at radius 2 is 1.71 bits per heavy atom. The van der Waals surface area contributed by atoms with Gasteiger partial charge in [0, 0.05) is 17.9 Å². The minimum absolute atomic E-state index is 0.0461. The number of nitrogens with one attached hydrogen (secondary N) is 3. The van der Waals surface area contributed by atoms with E-state index in [1.54, 1.807) is 32.5 Å². The Bertz CT molecular complexity index is 1010. The van der Waals surface area contributed by atoms with Gasteiger partial charge in [-0.3, -0.25) is 14.4 Å². The molecule has 0 radical (unpaired) electrons. The number of hydrogen-bond donors (Lipinski definition) is 4. The topological polar surface area (TPSA) is 143 Å². The molecule has 1 aromatic carbocycles. The van der Waals surface area contributed by atoms with Gasteiger partial charge in [0.15, 0.2) is 0 Å². The van der Waals surface area contributed by atoms with Crippen molar-refractivity contribution in [2.75, 3.05) is 19.9 Å². The van der Waals surface area contributed by atoms with Crippen LogP contribution < -0.4 is 16.0 Å². The van der Waals surface area contributed by atoms with Crippen LogP contribution in [-0.4, -0.2) is 72.7 Å². The molecule has 0 heterocycles. The lowest BCUT2D eigenvalue weighted by atomic mass is 9.83. The van der Waals surface area contributed by atoms with Crippen molar-refractivity contribution in [3.05, 3.63) is 29.8 Å². The van der Waals surface area contributed by atoms with E-state index >= 15 is 0 Å². The summed E-state index contributed by atoms with van der Waals surface area (Å²) < 4.78 is 10.1. The number of aliphatic hydroxyl groups excluding tert-OH is 1. The molecule has 1 aliphatic carbocycles. The Morgan fingerprint density at radius 1 is 1.05 bits per heavy atom. The number of methoxy groups -OCH3 is 1. The number of ether oxygens (including phenoxy) is 2. The Kier molecular flexibility index (Phi) is 15.2. The molecule has 0 aromatic heterocycles. The summed E-state index contributed by atoms with van der Waals surface area (Å²) in [6.07, 6.45) is 6.34. The summed E-state index contributed by atoms with van der Waals surface area (Å²) in [7, 11) is 1.26. The van der Waals surface area contributed by atoms with Crippen molar-refractivity contribution in [2.45, 2.75) is 114 Å². The third-order valence-electron chi connectivity index (χ3n) is 7.26. The van der Waals surface area contributed by atoms with Gasteiger partial charge in [-0.05, 0) is 69.9 Å².